The molecule has 0 fully saturated rings. The molecule has 0 saturated heterocycles. The van der Waals surface area contributed by atoms with Crippen LogP contribution in [0.2, 0.25) is 0 Å². The van der Waals surface area contributed by atoms with Crippen LogP contribution in [0.5, 0.6) is 0 Å². The molecule has 27 heavy (non-hydrogen) atoms. The lowest BCUT2D eigenvalue weighted by Crippen LogP contribution is -2.49. The predicted octanol–water partition coefficient (Wildman–Crippen LogP) is 3.90. The summed E-state index contributed by atoms with van der Waals surface area (Å²) in [5, 5.41) is 4.56. The van der Waals surface area contributed by atoms with Gasteiger partial charge in [-0.3, -0.25) is 9.69 Å². The molecule has 2 aliphatic rings. The second-order valence-electron chi connectivity index (χ2n) is 7.76. The van der Waals surface area contributed by atoms with Crippen LogP contribution in [-0.2, 0) is 11.2 Å². The molecule has 1 amide bonds. The molecule has 0 radical (unpaired) electrons. The van der Waals surface area contributed by atoms with E-state index in [2.05, 4.69) is 66.1 Å². The van der Waals surface area contributed by atoms with Crippen LogP contribution in [-0.4, -0.2) is 41.0 Å². The van der Waals surface area contributed by atoms with Gasteiger partial charge in [-0.05, 0) is 42.0 Å². The van der Waals surface area contributed by atoms with Crippen LogP contribution in [0, 0.1) is 5.92 Å². The Balaban J connectivity index is 1.73. The molecule has 2 heterocycles. The molecule has 2 N–H and O–H groups in total. The van der Waals surface area contributed by atoms with E-state index in [-0.39, 0.29) is 17.9 Å². The summed E-state index contributed by atoms with van der Waals surface area (Å²) < 4.78 is 0. The zero-order chi connectivity index (χ0) is 19.0. The Morgan fingerprint density at radius 1 is 1.41 bits per heavy atom. The van der Waals surface area contributed by atoms with Gasteiger partial charge in [-0.15, -0.1) is 6.58 Å². The van der Waals surface area contributed by atoms with Crippen molar-refractivity contribution in [2.75, 3.05) is 13.1 Å². The number of carbonyl (C=O) groups is 1. The minimum absolute atomic E-state index is 0.118. The minimum Gasteiger partial charge on any atom is -0.361 e. The van der Waals surface area contributed by atoms with Crippen molar-refractivity contribution in [3.63, 3.8) is 0 Å². The number of nitrogens with one attached hydrogen (secondary N) is 2. The van der Waals surface area contributed by atoms with Gasteiger partial charge in [0.15, 0.2) is 0 Å². The molecule has 0 spiro atoms. The van der Waals surface area contributed by atoms with Crippen molar-refractivity contribution in [1.82, 2.24) is 15.2 Å². The number of fused-ring (bicyclic) bond motifs is 2. The first-order chi connectivity index (χ1) is 13.2. The van der Waals surface area contributed by atoms with Gasteiger partial charge in [-0.25, -0.2) is 0 Å². The van der Waals surface area contributed by atoms with Gasteiger partial charge in [-0.1, -0.05) is 38.1 Å². The predicted molar refractivity (Wildman–Crippen MR) is 112 cm³/mol. The summed E-state index contributed by atoms with van der Waals surface area (Å²) >= 11 is 0. The molecule has 2 atom stereocenters. The lowest BCUT2D eigenvalue weighted by molar-refractivity contribution is -0.125. The Hall–Kier alpha value is -2.33. The first kappa shape index (κ1) is 18.1. The van der Waals surface area contributed by atoms with Crippen LogP contribution >= 0.6 is 0 Å². The van der Waals surface area contributed by atoms with Gasteiger partial charge < -0.3 is 10.3 Å². The topological polar surface area (TPSA) is 48.1 Å². The average molecular weight is 364 g/mol. The molecular formula is C23H29N3O. The average Bonchev–Trinajstić information content (AvgIpc) is 3.11. The van der Waals surface area contributed by atoms with Gasteiger partial charge in [0, 0.05) is 42.3 Å². The highest BCUT2D eigenvalue weighted by Crippen LogP contribution is 2.41. The number of benzene rings is 1. The maximum Gasteiger partial charge on any atom is 0.228 e. The third-order valence-electron chi connectivity index (χ3n) is 6.16. The van der Waals surface area contributed by atoms with Gasteiger partial charge in [-0.2, -0.15) is 0 Å². The molecule has 4 rings (SSSR count). The summed E-state index contributed by atoms with van der Waals surface area (Å²) in [6.45, 7) is 9.75. The summed E-state index contributed by atoms with van der Waals surface area (Å²) in [4.78, 5) is 18.8. The summed E-state index contributed by atoms with van der Waals surface area (Å²) in [5.74, 6) is 0.0308. The van der Waals surface area contributed by atoms with Gasteiger partial charge in [0.2, 0.25) is 5.91 Å². The third kappa shape index (κ3) is 3.12. The van der Waals surface area contributed by atoms with Crippen molar-refractivity contribution in [3.8, 4) is 0 Å². The molecule has 2 aromatic rings. The van der Waals surface area contributed by atoms with E-state index in [9.17, 15) is 4.79 Å². The number of aromatic nitrogens is 1. The Kier molecular flexibility index (Phi) is 4.92. The summed E-state index contributed by atoms with van der Waals surface area (Å²) in [5.41, 5.74) is 5.12. The quantitative estimate of drug-likeness (QED) is 0.765. The Morgan fingerprint density at radius 3 is 2.96 bits per heavy atom. The van der Waals surface area contributed by atoms with Crippen molar-refractivity contribution < 1.29 is 4.79 Å². The largest absolute Gasteiger partial charge is 0.361 e. The molecule has 4 heteroatoms. The number of nitrogens with zero attached hydrogens (tertiary/aromatic N) is 1. The third-order valence-corrected chi connectivity index (χ3v) is 6.16. The fourth-order valence-electron chi connectivity index (χ4n) is 4.66. The summed E-state index contributed by atoms with van der Waals surface area (Å²) in [7, 11) is 0. The first-order valence-corrected chi connectivity index (χ1v) is 10.1. The monoisotopic (exact) mass is 363 g/mol. The SMILES string of the molecule is C=CCN1CC(C(=O)NC(CC)CC)C=C2c3cccc4[nH]cc(c34)CC21. The first-order valence-electron chi connectivity index (χ1n) is 10.1. The van der Waals surface area contributed by atoms with Crippen molar-refractivity contribution in [2.45, 2.75) is 45.2 Å². The second-order valence-corrected chi connectivity index (χ2v) is 7.76. The number of carbonyl (C=O) groups excluding carboxylic acids is 1. The summed E-state index contributed by atoms with van der Waals surface area (Å²) in [6, 6.07) is 7.00. The number of H-pyrrole nitrogens is 1. The van der Waals surface area contributed by atoms with Crippen molar-refractivity contribution in [3.05, 3.63) is 54.3 Å². The molecule has 0 saturated carbocycles. The molecule has 142 valence electrons. The summed E-state index contributed by atoms with van der Waals surface area (Å²) in [6.07, 6.45) is 9.24. The van der Waals surface area contributed by atoms with E-state index in [1.54, 1.807) is 0 Å². The van der Waals surface area contributed by atoms with Crippen LogP contribution < -0.4 is 5.32 Å². The normalized spacial score (nSPS) is 21.8. The van der Waals surface area contributed by atoms with E-state index in [0.717, 1.165) is 32.4 Å². The zero-order valence-electron chi connectivity index (χ0n) is 16.3. The van der Waals surface area contributed by atoms with Crippen molar-refractivity contribution in [2.24, 2.45) is 5.92 Å². The molecule has 4 nitrogen and oxygen atoms in total. The molecule has 1 aliphatic heterocycles. The van der Waals surface area contributed by atoms with E-state index in [1.807, 2.05) is 6.08 Å². The van der Waals surface area contributed by atoms with Crippen LogP contribution in [0.3, 0.4) is 0 Å². The van der Waals surface area contributed by atoms with Gasteiger partial charge in [0.05, 0.1) is 5.92 Å². The van der Waals surface area contributed by atoms with Gasteiger partial charge in [0.25, 0.3) is 0 Å². The number of rotatable bonds is 6. The van der Waals surface area contributed by atoms with E-state index in [0.29, 0.717) is 6.04 Å². The van der Waals surface area contributed by atoms with Crippen LogP contribution in [0.1, 0.15) is 37.8 Å². The van der Waals surface area contributed by atoms with Gasteiger partial charge in [0.1, 0.15) is 0 Å². The van der Waals surface area contributed by atoms with Gasteiger partial charge >= 0.3 is 0 Å². The molecule has 1 aromatic heterocycles. The lowest BCUT2D eigenvalue weighted by Gasteiger charge is -2.41. The number of hydrogen-bond donors (Lipinski definition) is 2. The Labute approximate surface area is 161 Å². The van der Waals surface area contributed by atoms with E-state index >= 15 is 0 Å². The molecular weight excluding hydrogens is 334 g/mol. The lowest BCUT2D eigenvalue weighted by atomic mass is 9.79. The molecule has 0 bridgehead atoms. The van der Waals surface area contributed by atoms with Crippen LogP contribution in [0.15, 0.2) is 43.1 Å². The van der Waals surface area contributed by atoms with Crippen molar-refractivity contribution in [1.29, 1.82) is 0 Å². The fraction of sp³-hybridized carbons (Fsp3) is 0.435. The van der Waals surface area contributed by atoms with Crippen LogP contribution in [0.4, 0.5) is 0 Å². The maximum absolute atomic E-state index is 13.0. The highest BCUT2D eigenvalue weighted by molar-refractivity contribution is 5.99. The number of hydrogen-bond acceptors (Lipinski definition) is 2. The second kappa shape index (κ2) is 7.35. The van der Waals surface area contributed by atoms with E-state index in [1.165, 1.54) is 27.6 Å². The molecule has 1 aliphatic carbocycles. The maximum atomic E-state index is 13.0. The smallest absolute Gasteiger partial charge is 0.228 e. The number of amides is 1. The van der Waals surface area contributed by atoms with E-state index < -0.39 is 0 Å². The van der Waals surface area contributed by atoms with Crippen LogP contribution in [0.25, 0.3) is 16.5 Å². The minimum atomic E-state index is -0.118. The Morgan fingerprint density at radius 2 is 2.22 bits per heavy atom. The standard InChI is InChI=1S/C23H29N3O/c1-4-10-26-14-16(23(27)25-17(5-2)6-3)11-19-18-8-7-9-20-22(18)15(13-24-20)12-21(19)26/h4,7-9,11,13,16-17,21,24H,1,5-6,10,12,14H2,2-3H3,(H,25,27). The highest BCUT2D eigenvalue weighted by atomic mass is 16.2. The van der Waals surface area contributed by atoms with E-state index in [4.69, 9.17) is 0 Å². The molecule has 2 unspecified atom stereocenters. The van der Waals surface area contributed by atoms with Crippen molar-refractivity contribution >= 4 is 22.4 Å². The fourth-order valence-corrected chi connectivity index (χ4v) is 4.66. The zero-order valence-corrected chi connectivity index (χ0v) is 16.3. The highest BCUT2D eigenvalue weighted by Gasteiger charge is 2.36. The molecule has 1 aromatic carbocycles. The Bertz CT molecular complexity index is 890. The number of aromatic amines is 1.